The SMILES string of the molecule is CCCCC(=O)N1CCN(C(=O)c2ccc3c(c2)C(=O)N(C2CCCCC2)C3=O)CC1. The molecular formula is C24H31N3O4. The quantitative estimate of drug-likeness (QED) is 0.679. The Bertz CT molecular complexity index is 883. The molecule has 4 amide bonds. The number of benzene rings is 1. The van der Waals surface area contributed by atoms with Gasteiger partial charge in [-0.1, -0.05) is 32.6 Å². The fourth-order valence-corrected chi connectivity index (χ4v) is 4.89. The highest BCUT2D eigenvalue weighted by Gasteiger charge is 2.40. The largest absolute Gasteiger partial charge is 0.339 e. The number of unbranched alkanes of at least 4 members (excludes halogenated alkanes) is 1. The Kier molecular flexibility index (Phi) is 6.39. The predicted molar refractivity (Wildman–Crippen MR) is 116 cm³/mol. The lowest BCUT2D eigenvalue weighted by atomic mass is 9.94. The van der Waals surface area contributed by atoms with Gasteiger partial charge in [-0.2, -0.15) is 0 Å². The van der Waals surface area contributed by atoms with Crippen molar-refractivity contribution < 1.29 is 19.2 Å². The number of nitrogens with zero attached hydrogens (tertiary/aromatic N) is 3. The molecule has 0 unspecified atom stereocenters. The van der Waals surface area contributed by atoms with E-state index < -0.39 is 0 Å². The van der Waals surface area contributed by atoms with Crippen LogP contribution in [0.1, 0.15) is 89.4 Å². The number of hydrogen-bond acceptors (Lipinski definition) is 4. The monoisotopic (exact) mass is 425 g/mol. The second-order valence-electron chi connectivity index (χ2n) is 8.81. The molecule has 3 aliphatic rings. The van der Waals surface area contributed by atoms with Crippen LogP contribution in [0.25, 0.3) is 0 Å². The number of amides is 4. The third kappa shape index (κ3) is 4.23. The molecule has 1 saturated heterocycles. The van der Waals surface area contributed by atoms with E-state index in [1.54, 1.807) is 23.1 Å². The van der Waals surface area contributed by atoms with Crippen LogP contribution in [0.2, 0.25) is 0 Å². The number of piperazine rings is 1. The molecule has 0 aromatic heterocycles. The molecule has 1 aliphatic carbocycles. The van der Waals surface area contributed by atoms with Crippen LogP contribution >= 0.6 is 0 Å². The molecule has 2 fully saturated rings. The Morgan fingerprint density at radius 1 is 0.903 bits per heavy atom. The molecule has 2 heterocycles. The Balaban J connectivity index is 1.43. The molecule has 7 heteroatoms. The van der Waals surface area contributed by atoms with Crippen molar-refractivity contribution in [3.05, 3.63) is 34.9 Å². The molecule has 31 heavy (non-hydrogen) atoms. The van der Waals surface area contributed by atoms with E-state index in [4.69, 9.17) is 0 Å². The fourth-order valence-electron chi connectivity index (χ4n) is 4.89. The second kappa shape index (κ2) is 9.20. The first-order valence-corrected chi connectivity index (χ1v) is 11.6. The summed E-state index contributed by atoms with van der Waals surface area (Å²) in [6.07, 6.45) is 7.37. The van der Waals surface area contributed by atoms with Gasteiger partial charge in [-0.25, -0.2) is 0 Å². The topological polar surface area (TPSA) is 78.0 Å². The van der Waals surface area contributed by atoms with Crippen molar-refractivity contribution in [2.75, 3.05) is 26.2 Å². The van der Waals surface area contributed by atoms with E-state index in [-0.39, 0.29) is 29.7 Å². The average Bonchev–Trinajstić information content (AvgIpc) is 3.07. The van der Waals surface area contributed by atoms with Gasteiger partial charge in [0.25, 0.3) is 17.7 Å². The maximum Gasteiger partial charge on any atom is 0.261 e. The first-order valence-electron chi connectivity index (χ1n) is 11.6. The van der Waals surface area contributed by atoms with E-state index in [0.29, 0.717) is 49.3 Å². The third-order valence-corrected chi connectivity index (χ3v) is 6.77. The number of rotatable bonds is 5. The molecule has 0 atom stereocenters. The molecule has 166 valence electrons. The van der Waals surface area contributed by atoms with Crippen molar-refractivity contribution in [3.63, 3.8) is 0 Å². The lowest BCUT2D eigenvalue weighted by molar-refractivity contribution is -0.132. The summed E-state index contributed by atoms with van der Waals surface area (Å²) in [5.74, 6) is -0.504. The highest BCUT2D eigenvalue weighted by Crippen LogP contribution is 2.31. The maximum atomic E-state index is 13.0. The smallest absolute Gasteiger partial charge is 0.261 e. The van der Waals surface area contributed by atoms with E-state index in [1.807, 2.05) is 4.90 Å². The van der Waals surface area contributed by atoms with Gasteiger partial charge in [0.05, 0.1) is 11.1 Å². The summed E-state index contributed by atoms with van der Waals surface area (Å²) in [4.78, 5) is 56.0. The van der Waals surface area contributed by atoms with Crippen LogP contribution in [0, 0.1) is 0 Å². The van der Waals surface area contributed by atoms with Crippen molar-refractivity contribution in [2.45, 2.75) is 64.3 Å². The Morgan fingerprint density at radius 3 is 2.23 bits per heavy atom. The first kappa shape index (κ1) is 21.5. The standard InChI is InChI=1S/C24H31N3O4/c1-2-3-9-21(28)25-12-14-26(15-13-25)22(29)17-10-11-19-20(16-17)24(31)27(23(19)30)18-7-5-4-6-8-18/h10-11,16,18H,2-9,12-15H2,1H3. The van der Waals surface area contributed by atoms with E-state index >= 15 is 0 Å². The van der Waals surface area contributed by atoms with Crippen molar-refractivity contribution in [1.82, 2.24) is 14.7 Å². The fraction of sp³-hybridized carbons (Fsp3) is 0.583. The summed E-state index contributed by atoms with van der Waals surface area (Å²) in [5.41, 5.74) is 1.17. The Hall–Kier alpha value is -2.70. The predicted octanol–water partition coefficient (Wildman–Crippen LogP) is 3.09. The second-order valence-corrected chi connectivity index (χ2v) is 8.81. The van der Waals surface area contributed by atoms with Gasteiger partial charge in [-0.05, 0) is 37.5 Å². The van der Waals surface area contributed by atoms with E-state index in [2.05, 4.69) is 6.92 Å². The highest BCUT2D eigenvalue weighted by molar-refractivity contribution is 6.22. The van der Waals surface area contributed by atoms with E-state index in [1.165, 1.54) is 4.90 Å². The minimum Gasteiger partial charge on any atom is -0.339 e. The Labute approximate surface area is 183 Å². The number of hydrogen-bond donors (Lipinski definition) is 0. The van der Waals surface area contributed by atoms with Crippen molar-refractivity contribution in [3.8, 4) is 0 Å². The van der Waals surface area contributed by atoms with Crippen LogP contribution in [0.4, 0.5) is 0 Å². The highest BCUT2D eigenvalue weighted by atomic mass is 16.2. The molecule has 1 aromatic carbocycles. The van der Waals surface area contributed by atoms with Crippen LogP contribution in [-0.2, 0) is 4.79 Å². The van der Waals surface area contributed by atoms with Crippen molar-refractivity contribution >= 4 is 23.6 Å². The van der Waals surface area contributed by atoms with Gasteiger partial charge >= 0.3 is 0 Å². The summed E-state index contributed by atoms with van der Waals surface area (Å²) in [7, 11) is 0. The van der Waals surface area contributed by atoms with Gasteiger partial charge < -0.3 is 9.80 Å². The van der Waals surface area contributed by atoms with E-state index in [9.17, 15) is 19.2 Å². The van der Waals surface area contributed by atoms with Crippen LogP contribution in [-0.4, -0.2) is 70.5 Å². The molecule has 2 aliphatic heterocycles. The van der Waals surface area contributed by atoms with Gasteiger partial charge in [0.1, 0.15) is 0 Å². The van der Waals surface area contributed by atoms with Gasteiger partial charge in [0.15, 0.2) is 0 Å². The van der Waals surface area contributed by atoms with Crippen LogP contribution < -0.4 is 0 Å². The number of carbonyl (C=O) groups excluding carboxylic acids is 4. The molecular weight excluding hydrogens is 394 g/mol. The summed E-state index contributed by atoms with van der Waals surface area (Å²) in [5, 5.41) is 0. The van der Waals surface area contributed by atoms with Crippen molar-refractivity contribution in [2.24, 2.45) is 0 Å². The minimum absolute atomic E-state index is 0.0291. The number of imide groups is 1. The normalized spacial score (nSPS) is 19.7. The zero-order valence-corrected chi connectivity index (χ0v) is 18.3. The molecule has 0 spiro atoms. The van der Waals surface area contributed by atoms with Gasteiger partial charge in [0, 0.05) is 44.2 Å². The van der Waals surface area contributed by atoms with Gasteiger partial charge in [-0.15, -0.1) is 0 Å². The van der Waals surface area contributed by atoms with Crippen LogP contribution in [0.3, 0.4) is 0 Å². The summed E-state index contributed by atoms with van der Waals surface area (Å²) < 4.78 is 0. The van der Waals surface area contributed by atoms with Gasteiger partial charge in [0.2, 0.25) is 5.91 Å². The number of fused-ring (bicyclic) bond motifs is 1. The zero-order valence-electron chi connectivity index (χ0n) is 18.3. The lowest BCUT2D eigenvalue weighted by Crippen LogP contribution is -2.50. The summed E-state index contributed by atoms with van der Waals surface area (Å²) in [6.45, 7) is 4.09. The van der Waals surface area contributed by atoms with E-state index in [0.717, 1.165) is 44.9 Å². The Morgan fingerprint density at radius 2 is 1.55 bits per heavy atom. The molecule has 0 bridgehead atoms. The molecule has 0 N–H and O–H groups in total. The first-order chi connectivity index (χ1) is 15.0. The van der Waals surface area contributed by atoms with Crippen LogP contribution in [0.5, 0.6) is 0 Å². The van der Waals surface area contributed by atoms with Gasteiger partial charge in [-0.3, -0.25) is 24.1 Å². The lowest BCUT2D eigenvalue weighted by Gasteiger charge is -2.35. The average molecular weight is 426 g/mol. The molecule has 1 aromatic rings. The summed E-state index contributed by atoms with van der Waals surface area (Å²) in [6, 6.07) is 4.82. The summed E-state index contributed by atoms with van der Waals surface area (Å²) >= 11 is 0. The third-order valence-electron chi connectivity index (χ3n) is 6.77. The minimum atomic E-state index is -0.270. The van der Waals surface area contributed by atoms with Crippen molar-refractivity contribution in [1.29, 1.82) is 0 Å². The molecule has 4 rings (SSSR count). The zero-order chi connectivity index (χ0) is 22.0. The number of carbonyl (C=O) groups is 4. The molecule has 7 nitrogen and oxygen atoms in total. The maximum absolute atomic E-state index is 13.0. The van der Waals surface area contributed by atoms with Crippen LogP contribution in [0.15, 0.2) is 18.2 Å². The molecule has 1 saturated carbocycles. The molecule has 0 radical (unpaired) electrons.